The summed E-state index contributed by atoms with van der Waals surface area (Å²) in [4.78, 5) is 3.78. The van der Waals surface area contributed by atoms with Crippen molar-refractivity contribution in [2.24, 2.45) is 17.6 Å². The normalized spacial score (nSPS) is 35.0. The minimum atomic E-state index is -0.523. The topological polar surface area (TPSA) is 38.9 Å². The maximum atomic E-state index is 13.8. The van der Waals surface area contributed by atoms with Crippen LogP contribution in [0.3, 0.4) is 0 Å². The van der Waals surface area contributed by atoms with Gasteiger partial charge in [-0.05, 0) is 30.7 Å². The largest absolute Gasteiger partial charge is 0.321 e. The average Bonchev–Trinajstić information content (AvgIpc) is 2.24. The minimum Gasteiger partial charge on any atom is -0.321 e. The van der Waals surface area contributed by atoms with Gasteiger partial charge in [0.2, 0.25) is 0 Å². The van der Waals surface area contributed by atoms with Gasteiger partial charge < -0.3 is 5.73 Å². The number of nitrogens with two attached hydrogens (primary N) is 1. The predicted octanol–water partition coefficient (Wildman–Crippen LogP) is 2.83. The van der Waals surface area contributed by atoms with Crippen molar-refractivity contribution in [3.05, 3.63) is 29.8 Å². The predicted molar refractivity (Wildman–Crippen MR) is 62.2 cm³/mol. The molecule has 0 spiro atoms. The summed E-state index contributed by atoms with van der Waals surface area (Å²) in [5.74, 6) is 0.611. The van der Waals surface area contributed by atoms with Gasteiger partial charge in [0, 0.05) is 17.3 Å². The van der Waals surface area contributed by atoms with Crippen molar-refractivity contribution >= 4 is 0 Å². The van der Waals surface area contributed by atoms with Gasteiger partial charge >= 0.3 is 0 Å². The van der Waals surface area contributed by atoms with Gasteiger partial charge in [-0.15, -0.1) is 0 Å². The van der Waals surface area contributed by atoms with Crippen LogP contribution in [0.4, 0.5) is 4.39 Å². The Kier molecular flexibility index (Phi) is 2.98. The minimum absolute atomic E-state index is 0.272. The van der Waals surface area contributed by atoms with E-state index in [1.165, 1.54) is 12.6 Å². The van der Waals surface area contributed by atoms with Gasteiger partial charge in [-0.2, -0.15) is 0 Å². The Morgan fingerprint density at radius 3 is 2.88 bits per heavy atom. The standard InChI is InChI=1S/C13H19FN2/c1-9-3-4-10(2)13(15,7-9)11-5-6-16-8-12(11)14/h5-6,8-10H,3-4,7,15H2,1-2H3. The van der Waals surface area contributed by atoms with E-state index in [0.29, 0.717) is 17.4 Å². The fourth-order valence-corrected chi connectivity index (χ4v) is 2.80. The van der Waals surface area contributed by atoms with E-state index in [9.17, 15) is 4.39 Å². The lowest BCUT2D eigenvalue weighted by Crippen LogP contribution is -2.47. The summed E-state index contributed by atoms with van der Waals surface area (Å²) in [6.07, 6.45) is 6.00. The first-order valence-corrected chi connectivity index (χ1v) is 5.93. The number of rotatable bonds is 1. The summed E-state index contributed by atoms with van der Waals surface area (Å²) in [5, 5.41) is 0. The molecule has 3 atom stereocenters. The van der Waals surface area contributed by atoms with E-state index >= 15 is 0 Å². The molecule has 3 unspecified atom stereocenters. The molecule has 1 saturated carbocycles. The van der Waals surface area contributed by atoms with E-state index in [4.69, 9.17) is 5.73 Å². The third-order valence-corrected chi connectivity index (χ3v) is 3.93. The summed E-state index contributed by atoms with van der Waals surface area (Å²) in [6, 6.07) is 1.73. The van der Waals surface area contributed by atoms with Crippen LogP contribution in [-0.4, -0.2) is 4.98 Å². The third kappa shape index (κ3) is 1.84. The van der Waals surface area contributed by atoms with Crippen LogP contribution in [0.5, 0.6) is 0 Å². The van der Waals surface area contributed by atoms with Crippen molar-refractivity contribution < 1.29 is 4.39 Å². The van der Waals surface area contributed by atoms with Gasteiger partial charge in [0.25, 0.3) is 0 Å². The number of nitrogens with zero attached hydrogens (tertiary/aromatic N) is 1. The summed E-state index contributed by atoms with van der Waals surface area (Å²) in [5.41, 5.74) is 6.55. The highest BCUT2D eigenvalue weighted by Crippen LogP contribution is 2.42. The molecule has 88 valence electrons. The molecule has 16 heavy (non-hydrogen) atoms. The van der Waals surface area contributed by atoms with Gasteiger partial charge in [0.1, 0.15) is 5.82 Å². The molecule has 1 aliphatic rings. The second kappa shape index (κ2) is 4.13. The Morgan fingerprint density at radius 2 is 2.19 bits per heavy atom. The molecule has 2 nitrogen and oxygen atoms in total. The Bertz CT molecular complexity index is 380. The smallest absolute Gasteiger partial charge is 0.146 e. The summed E-state index contributed by atoms with van der Waals surface area (Å²) in [6.45, 7) is 4.30. The number of halogens is 1. The van der Waals surface area contributed by atoms with Crippen molar-refractivity contribution in [3.8, 4) is 0 Å². The second-order valence-electron chi connectivity index (χ2n) is 5.18. The molecule has 0 radical (unpaired) electrons. The monoisotopic (exact) mass is 222 g/mol. The zero-order chi connectivity index (χ0) is 11.8. The lowest BCUT2D eigenvalue weighted by Gasteiger charge is -2.42. The molecule has 1 fully saturated rings. The molecule has 0 saturated heterocycles. The molecule has 0 aliphatic heterocycles. The highest BCUT2D eigenvalue weighted by Gasteiger charge is 2.40. The van der Waals surface area contributed by atoms with Gasteiger partial charge in [-0.3, -0.25) is 4.98 Å². The van der Waals surface area contributed by atoms with E-state index in [1.54, 1.807) is 12.3 Å². The van der Waals surface area contributed by atoms with E-state index in [-0.39, 0.29) is 5.82 Å². The first-order valence-electron chi connectivity index (χ1n) is 5.93. The van der Waals surface area contributed by atoms with Gasteiger partial charge in [0.05, 0.1) is 6.20 Å². The molecular formula is C13H19FN2. The molecule has 2 N–H and O–H groups in total. The van der Waals surface area contributed by atoms with Crippen molar-refractivity contribution in [1.82, 2.24) is 4.98 Å². The van der Waals surface area contributed by atoms with Crippen LogP contribution in [-0.2, 0) is 5.54 Å². The van der Waals surface area contributed by atoms with Gasteiger partial charge in [0.15, 0.2) is 0 Å². The van der Waals surface area contributed by atoms with Crippen LogP contribution >= 0.6 is 0 Å². The third-order valence-electron chi connectivity index (χ3n) is 3.93. The van der Waals surface area contributed by atoms with Gasteiger partial charge in [-0.25, -0.2) is 4.39 Å². The molecular weight excluding hydrogens is 203 g/mol. The maximum Gasteiger partial charge on any atom is 0.146 e. The SMILES string of the molecule is CC1CCC(C)C(N)(c2ccncc2F)C1. The van der Waals surface area contributed by atoms with Crippen molar-refractivity contribution in [2.75, 3.05) is 0 Å². The first kappa shape index (κ1) is 11.5. The van der Waals surface area contributed by atoms with Crippen LogP contribution in [0.25, 0.3) is 0 Å². The highest BCUT2D eigenvalue weighted by atomic mass is 19.1. The van der Waals surface area contributed by atoms with Crippen molar-refractivity contribution in [2.45, 2.75) is 38.6 Å². The fraction of sp³-hybridized carbons (Fsp3) is 0.615. The van der Waals surface area contributed by atoms with Gasteiger partial charge in [-0.1, -0.05) is 20.3 Å². The first-order chi connectivity index (χ1) is 7.54. The van der Waals surface area contributed by atoms with Crippen LogP contribution in [0.2, 0.25) is 0 Å². The Hall–Kier alpha value is -0.960. The molecule has 2 rings (SSSR count). The lowest BCUT2D eigenvalue weighted by atomic mass is 9.67. The molecule has 3 heteroatoms. The summed E-state index contributed by atoms with van der Waals surface area (Å²) < 4.78 is 13.8. The fourth-order valence-electron chi connectivity index (χ4n) is 2.80. The van der Waals surface area contributed by atoms with E-state index in [2.05, 4.69) is 18.8 Å². The van der Waals surface area contributed by atoms with Crippen molar-refractivity contribution in [3.63, 3.8) is 0 Å². The molecule has 1 aliphatic carbocycles. The number of hydrogen-bond donors (Lipinski definition) is 1. The molecule has 0 bridgehead atoms. The quantitative estimate of drug-likeness (QED) is 0.793. The molecule has 1 aromatic rings. The molecule has 0 aromatic carbocycles. The number of hydrogen-bond acceptors (Lipinski definition) is 2. The number of aromatic nitrogens is 1. The Labute approximate surface area is 96.1 Å². The Morgan fingerprint density at radius 1 is 1.44 bits per heavy atom. The van der Waals surface area contributed by atoms with Crippen LogP contribution in [0.1, 0.15) is 38.7 Å². The molecule has 1 aromatic heterocycles. The average molecular weight is 222 g/mol. The number of pyridine rings is 1. The van der Waals surface area contributed by atoms with E-state index < -0.39 is 5.54 Å². The van der Waals surface area contributed by atoms with Crippen LogP contribution in [0.15, 0.2) is 18.5 Å². The molecule has 1 heterocycles. The Balaban J connectivity index is 2.40. The zero-order valence-corrected chi connectivity index (χ0v) is 9.91. The summed E-state index contributed by atoms with van der Waals surface area (Å²) in [7, 11) is 0. The summed E-state index contributed by atoms with van der Waals surface area (Å²) >= 11 is 0. The zero-order valence-electron chi connectivity index (χ0n) is 9.91. The van der Waals surface area contributed by atoms with E-state index in [0.717, 1.165) is 12.8 Å². The maximum absolute atomic E-state index is 13.8. The molecule has 0 amide bonds. The van der Waals surface area contributed by atoms with Crippen molar-refractivity contribution in [1.29, 1.82) is 0 Å². The van der Waals surface area contributed by atoms with Crippen LogP contribution < -0.4 is 5.73 Å². The second-order valence-corrected chi connectivity index (χ2v) is 5.18. The highest BCUT2D eigenvalue weighted by molar-refractivity contribution is 5.25. The van der Waals surface area contributed by atoms with Crippen LogP contribution in [0, 0.1) is 17.7 Å². The lowest BCUT2D eigenvalue weighted by molar-refractivity contribution is 0.157. The van der Waals surface area contributed by atoms with E-state index in [1.807, 2.05) is 0 Å².